The molecule has 0 saturated carbocycles. The molecule has 1 atom stereocenters. The van der Waals surface area contributed by atoms with Gasteiger partial charge in [0.1, 0.15) is 11.5 Å². The van der Waals surface area contributed by atoms with E-state index in [2.05, 4.69) is 5.32 Å². The Kier molecular flexibility index (Phi) is 5.22. The summed E-state index contributed by atoms with van der Waals surface area (Å²) in [7, 11) is 0. The van der Waals surface area contributed by atoms with Gasteiger partial charge >= 0.3 is 0 Å². The highest BCUT2D eigenvalue weighted by atomic mass is 16.4. The van der Waals surface area contributed by atoms with Gasteiger partial charge in [-0.25, -0.2) is 0 Å². The third-order valence-corrected chi connectivity index (χ3v) is 3.50. The number of amides is 1. The summed E-state index contributed by atoms with van der Waals surface area (Å²) < 4.78 is 5.51. The second-order valence-electron chi connectivity index (χ2n) is 5.30. The first-order valence-electron chi connectivity index (χ1n) is 7.32. The molecule has 0 unspecified atom stereocenters. The van der Waals surface area contributed by atoms with E-state index in [0.717, 1.165) is 23.3 Å². The molecule has 1 amide bonds. The first-order valence-corrected chi connectivity index (χ1v) is 7.32. The second-order valence-corrected chi connectivity index (χ2v) is 5.30. The van der Waals surface area contributed by atoms with Gasteiger partial charge in [0, 0.05) is 12.0 Å². The number of hydrogen-bond donors (Lipinski definition) is 3. The Bertz CT molecular complexity index is 631. The predicted octanol–water partition coefficient (Wildman–Crippen LogP) is 2.19. The number of aromatic hydroxyl groups is 1. The van der Waals surface area contributed by atoms with E-state index in [9.17, 15) is 15.0 Å². The van der Waals surface area contributed by atoms with E-state index in [0.29, 0.717) is 12.2 Å². The van der Waals surface area contributed by atoms with Gasteiger partial charge in [0.15, 0.2) is 5.76 Å². The van der Waals surface area contributed by atoms with E-state index in [-0.39, 0.29) is 18.3 Å². The van der Waals surface area contributed by atoms with E-state index in [1.54, 1.807) is 24.3 Å². The van der Waals surface area contributed by atoms with Crippen molar-refractivity contribution >= 4 is 5.91 Å². The summed E-state index contributed by atoms with van der Waals surface area (Å²) in [6, 6.07) is 8.12. The topological polar surface area (TPSA) is 82.7 Å². The van der Waals surface area contributed by atoms with E-state index in [1.807, 2.05) is 19.9 Å². The van der Waals surface area contributed by atoms with Gasteiger partial charge in [-0.15, -0.1) is 0 Å². The predicted molar refractivity (Wildman–Crippen MR) is 83.0 cm³/mol. The van der Waals surface area contributed by atoms with Crippen LogP contribution in [0.1, 0.15) is 34.4 Å². The van der Waals surface area contributed by atoms with Crippen LogP contribution in [0.2, 0.25) is 0 Å². The van der Waals surface area contributed by atoms with Crippen molar-refractivity contribution in [3.63, 3.8) is 0 Å². The number of hydrogen-bond acceptors (Lipinski definition) is 4. The fourth-order valence-electron chi connectivity index (χ4n) is 2.28. The highest BCUT2D eigenvalue weighted by Gasteiger charge is 2.19. The van der Waals surface area contributed by atoms with Crippen LogP contribution < -0.4 is 5.32 Å². The SMILES string of the molecule is CCc1cc(C)c(C(=O)N[C@H](CO)Cc2ccc(O)cc2)o1. The number of carbonyl (C=O) groups is 1. The van der Waals surface area contributed by atoms with Crippen LogP contribution in [0.5, 0.6) is 5.75 Å². The number of benzene rings is 1. The van der Waals surface area contributed by atoms with Gasteiger partial charge in [0.25, 0.3) is 5.91 Å². The van der Waals surface area contributed by atoms with Gasteiger partial charge in [-0.2, -0.15) is 0 Å². The minimum atomic E-state index is -0.411. The highest BCUT2D eigenvalue weighted by molar-refractivity contribution is 5.93. The molecule has 0 aliphatic heterocycles. The number of aliphatic hydroxyl groups is 1. The lowest BCUT2D eigenvalue weighted by Crippen LogP contribution is -2.39. The van der Waals surface area contributed by atoms with E-state index in [4.69, 9.17) is 4.42 Å². The quantitative estimate of drug-likeness (QED) is 0.764. The molecule has 1 aromatic carbocycles. The van der Waals surface area contributed by atoms with Crippen LogP contribution in [0.15, 0.2) is 34.7 Å². The largest absolute Gasteiger partial charge is 0.508 e. The highest BCUT2D eigenvalue weighted by Crippen LogP contribution is 2.16. The zero-order valence-electron chi connectivity index (χ0n) is 12.8. The van der Waals surface area contributed by atoms with Crippen LogP contribution in [0, 0.1) is 6.92 Å². The molecule has 0 radical (unpaired) electrons. The summed E-state index contributed by atoms with van der Waals surface area (Å²) in [6.45, 7) is 3.61. The van der Waals surface area contributed by atoms with Crippen molar-refractivity contribution in [3.8, 4) is 5.75 Å². The van der Waals surface area contributed by atoms with Gasteiger partial charge in [-0.05, 0) is 37.1 Å². The lowest BCUT2D eigenvalue weighted by atomic mass is 10.1. The average molecular weight is 303 g/mol. The molecule has 0 aliphatic rings. The Morgan fingerprint density at radius 1 is 1.32 bits per heavy atom. The maximum atomic E-state index is 12.3. The average Bonchev–Trinajstić information content (AvgIpc) is 2.90. The number of phenols is 1. The van der Waals surface area contributed by atoms with E-state index < -0.39 is 6.04 Å². The summed E-state index contributed by atoms with van der Waals surface area (Å²) in [5, 5.41) is 21.5. The van der Waals surface area contributed by atoms with Crippen molar-refractivity contribution in [2.75, 3.05) is 6.61 Å². The van der Waals surface area contributed by atoms with E-state index in [1.165, 1.54) is 0 Å². The molecule has 0 fully saturated rings. The Balaban J connectivity index is 2.04. The molecule has 1 aromatic heterocycles. The molecule has 118 valence electrons. The first kappa shape index (κ1) is 16.1. The van der Waals surface area contributed by atoms with Gasteiger partial charge < -0.3 is 19.9 Å². The van der Waals surface area contributed by atoms with Gasteiger partial charge in [-0.1, -0.05) is 19.1 Å². The molecule has 0 bridgehead atoms. The standard InChI is InChI=1S/C17H21NO4/c1-3-15-8-11(2)16(22-15)17(21)18-13(10-19)9-12-4-6-14(20)7-5-12/h4-8,13,19-20H,3,9-10H2,1-2H3,(H,18,21)/t13-/m0/s1. The summed E-state index contributed by atoms with van der Waals surface area (Å²) in [6.07, 6.45) is 1.20. The first-order chi connectivity index (χ1) is 10.5. The van der Waals surface area contributed by atoms with Crippen LogP contribution in [-0.2, 0) is 12.8 Å². The molecule has 0 saturated heterocycles. The Morgan fingerprint density at radius 2 is 2.00 bits per heavy atom. The number of furan rings is 1. The van der Waals surface area contributed by atoms with Crippen molar-refractivity contribution in [2.45, 2.75) is 32.7 Å². The van der Waals surface area contributed by atoms with Gasteiger partial charge in [0.2, 0.25) is 0 Å². The molecular formula is C17H21NO4. The van der Waals surface area contributed by atoms with Crippen LogP contribution in [0.4, 0.5) is 0 Å². The Hall–Kier alpha value is -2.27. The van der Waals surface area contributed by atoms with Crippen LogP contribution in [0.3, 0.4) is 0 Å². The second kappa shape index (κ2) is 7.13. The number of rotatable bonds is 6. The molecule has 2 rings (SSSR count). The maximum Gasteiger partial charge on any atom is 0.287 e. The minimum absolute atomic E-state index is 0.174. The Morgan fingerprint density at radius 3 is 2.55 bits per heavy atom. The van der Waals surface area contributed by atoms with E-state index >= 15 is 0 Å². The lowest BCUT2D eigenvalue weighted by Gasteiger charge is -2.16. The van der Waals surface area contributed by atoms with Crippen molar-refractivity contribution in [3.05, 3.63) is 53.0 Å². The van der Waals surface area contributed by atoms with Crippen LogP contribution in [-0.4, -0.2) is 28.8 Å². The van der Waals surface area contributed by atoms with Gasteiger partial charge in [-0.3, -0.25) is 4.79 Å². The fraction of sp³-hybridized carbons (Fsp3) is 0.353. The third kappa shape index (κ3) is 3.89. The molecule has 5 nitrogen and oxygen atoms in total. The zero-order valence-corrected chi connectivity index (χ0v) is 12.8. The number of carbonyl (C=O) groups excluding carboxylic acids is 1. The summed E-state index contributed by atoms with van der Waals surface area (Å²) >= 11 is 0. The summed E-state index contributed by atoms with van der Waals surface area (Å²) in [5.74, 6) is 0.921. The molecule has 2 aromatic rings. The van der Waals surface area contributed by atoms with Crippen molar-refractivity contribution in [1.82, 2.24) is 5.32 Å². The van der Waals surface area contributed by atoms with Crippen molar-refractivity contribution in [2.24, 2.45) is 0 Å². The molecule has 0 spiro atoms. The molecular weight excluding hydrogens is 282 g/mol. The number of aryl methyl sites for hydroxylation is 2. The minimum Gasteiger partial charge on any atom is -0.508 e. The fourth-order valence-corrected chi connectivity index (χ4v) is 2.28. The molecule has 0 aliphatic carbocycles. The Labute approximate surface area is 129 Å². The van der Waals surface area contributed by atoms with Crippen LogP contribution >= 0.6 is 0 Å². The molecule has 3 N–H and O–H groups in total. The normalized spacial score (nSPS) is 12.1. The van der Waals surface area contributed by atoms with Crippen LogP contribution in [0.25, 0.3) is 0 Å². The summed E-state index contributed by atoms with van der Waals surface area (Å²) in [4.78, 5) is 12.3. The number of phenolic OH excluding ortho intramolecular Hbond substituents is 1. The summed E-state index contributed by atoms with van der Waals surface area (Å²) in [5.41, 5.74) is 1.71. The maximum absolute atomic E-state index is 12.3. The van der Waals surface area contributed by atoms with Crippen molar-refractivity contribution in [1.29, 1.82) is 0 Å². The number of aliphatic hydroxyl groups excluding tert-OH is 1. The smallest absolute Gasteiger partial charge is 0.287 e. The van der Waals surface area contributed by atoms with Crippen molar-refractivity contribution < 1.29 is 19.4 Å². The molecule has 1 heterocycles. The lowest BCUT2D eigenvalue weighted by molar-refractivity contribution is 0.0886. The third-order valence-electron chi connectivity index (χ3n) is 3.50. The van der Waals surface area contributed by atoms with Gasteiger partial charge in [0.05, 0.1) is 12.6 Å². The molecule has 5 heteroatoms. The number of nitrogens with one attached hydrogen (secondary N) is 1. The monoisotopic (exact) mass is 303 g/mol. The zero-order chi connectivity index (χ0) is 16.1. The molecule has 22 heavy (non-hydrogen) atoms.